The maximum Gasteiger partial charge on any atom is 0.338 e. The van der Waals surface area contributed by atoms with Crippen LogP contribution in [-0.2, 0) is 16.1 Å². The molecule has 0 spiro atoms. The second-order valence-electron chi connectivity index (χ2n) is 7.04. The van der Waals surface area contributed by atoms with Gasteiger partial charge >= 0.3 is 5.97 Å². The first kappa shape index (κ1) is 18.7. The highest BCUT2D eigenvalue weighted by atomic mass is 16.5. The molecular weight excluding hydrogens is 320 g/mol. The Balaban J connectivity index is 1.92. The molecule has 0 saturated heterocycles. The molecule has 0 unspecified atom stereocenters. The standard InChI is InChI=1S/C19H24N2O4/c1-12-10-16(21-25-12)13(2)24-17(22)15-8-6-14(7-9-15)11-20-18(23)19(3,4)5/h6-10,13H,11H2,1-5H3,(H,20,23)/t13-/m1/s1. The van der Waals surface area contributed by atoms with Gasteiger partial charge in [-0.3, -0.25) is 4.79 Å². The maximum absolute atomic E-state index is 12.2. The Morgan fingerprint density at radius 2 is 1.88 bits per heavy atom. The summed E-state index contributed by atoms with van der Waals surface area (Å²) in [5.74, 6) is 0.214. The summed E-state index contributed by atoms with van der Waals surface area (Å²) in [6, 6.07) is 8.69. The summed E-state index contributed by atoms with van der Waals surface area (Å²) in [4.78, 5) is 24.1. The van der Waals surface area contributed by atoms with Gasteiger partial charge in [0.1, 0.15) is 17.6 Å². The first-order chi connectivity index (χ1) is 11.7. The second-order valence-corrected chi connectivity index (χ2v) is 7.04. The molecule has 0 radical (unpaired) electrons. The Bertz CT molecular complexity index is 742. The van der Waals surface area contributed by atoms with Gasteiger partial charge in [-0.1, -0.05) is 38.1 Å². The van der Waals surface area contributed by atoms with Crippen LogP contribution in [0.4, 0.5) is 0 Å². The van der Waals surface area contributed by atoms with E-state index >= 15 is 0 Å². The van der Waals surface area contributed by atoms with Gasteiger partial charge in [-0.05, 0) is 31.5 Å². The van der Waals surface area contributed by atoms with Crippen LogP contribution in [-0.4, -0.2) is 17.0 Å². The van der Waals surface area contributed by atoms with Gasteiger partial charge in [0.25, 0.3) is 0 Å². The number of benzene rings is 1. The smallest absolute Gasteiger partial charge is 0.338 e. The van der Waals surface area contributed by atoms with E-state index in [9.17, 15) is 9.59 Å². The number of ether oxygens (including phenoxy) is 1. The van der Waals surface area contributed by atoms with Crippen LogP contribution < -0.4 is 5.32 Å². The fourth-order valence-corrected chi connectivity index (χ4v) is 2.07. The van der Waals surface area contributed by atoms with Crippen LogP contribution in [0.1, 0.15) is 61.2 Å². The van der Waals surface area contributed by atoms with Gasteiger partial charge in [0.2, 0.25) is 5.91 Å². The average Bonchev–Trinajstić information content (AvgIpc) is 2.98. The lowest BCUT2D eigenvalue weighted by atomic mass is 9.95. The quantitative estimate of drug-likeness (QED) is 0.839. The maximum atomic E-state index is 12.2. The van der Waals surface area contributed by atoms with Crippen LogP contribution in [0, 0.1) is 12.3 Å². The van der Waals surface area contributed by atoms with E-state index in [1.165, 1.54) is 0 Å². The fraction of sp³-hybridized carbons (Fsp3) is 0.421. The summed E-state index contributed by atoms with van der Waals surface area (Å²) in [5, 5.41) is 6.71. The molecule has 1 N–H and O–H groups in total. The molecular formula is C19H24N2O4. The molecule has 0 aliphatic carbocycles. The highest BCUT2D eigenvalue weighted by molar-refractivity contribution is 5.89. The van der Waals surface area contributed by atoms with Crippen LogP contribution >= 0.6 is 0 Å². The molecule has 0 saturated carbocycles. The molecule has 1 atom stereocenters. The monoisotopic (exact) mass is 344 g/mol. The van der Waals surface area contributed by atoms with Gasteiger partial charge < -0.3 is 14.6 Å². The predicted octanol–water partition coefficient (Wildman–Crippen LogP) is 3.56. The van der Waals surface area contributed by atoms with E-state index < -0.39 is 17.5 Å². The zero-order valence-electron chi connectivity index (χ0n) is 15.3. The molecule has 25 heavy (non-hydrogen) atoms. The number of nitrogens with one attached hydrogen (secondary N) is 1. The van der Waals surface area contributed by atoms with Crippen molar-refractivity contribution in [1.82, 2.24) is 10.5 Å². The van der Waals surface area contributed by atoms with Crippen LogP contribution in [0.25, 0.3) is 0 Å². The van der Waals surface area contributed by atoms with Crippen LogP contribution in [0.2, 0.25) is 0 Å². The Kier molecular flexibility index (Phi) is 5.62. The number of aryl methyl sites for hydroxylation is 1. The Hall–Kier alpha value is -2.63. The predicted molar refractivity (Wildman–Crippen MR) is 92.8 cm³/mol. The van der Waals surface area contributed by atoms with Crippen molar-refractivity contribution in [2.75, 3.05) is 0 Å². The lowest BCUT2D eigenvalue weighted by Gasteiger charge is -2.17. The molecule has 6 nitrogen and oxygen atoms in total. The molecule has 1 heterocycles. The highest BCUT2D eigenvalue weighted by Gasteiger charge is 2.20. The molecule has 134 valence electrons. The van der Waals surface area contributed by atoms with Gasteiger partial charge in [-0.15, -0.1) is 0 Å². The van der Waals surface area contributed by atoms with Gasteiger partial charge in [0.15, 0.2) is 0 Å². The summed E-state index contributed by atoms with van der Waals surface area (Å²) in [5.41, 5.74) is 1.50. The van der Waals surface area contributed by atoms with E-state index in [0.29, 0.717) is 23.6 Å². The van der Waals surface area contributed by atoms with Gasteiger partial charge in [-0.25, -0.2) is 4.79 Å². The number of carbonyl (C=O) groups is 2. The van der Waals surface area contributed by atoms with Crippen molar-refractivity contribution in [3.63, 3.8) is 0 Å². The largest absolute Gasteiger partial charge is 0.452 e. The van der Waals surface area contributed by atoms with Crippen molar-refractivity contribution in [1.29, 1.82) is 0 Å². The lowest BCUT2D eigenvalue weighted by molar-refractivity contribution is -0.128. The number of hydrogen-bond donors (Lipinski definition) is 1. The van der Waals surface area contributed by atoms with Crippen molar-refractivity contribution in [3.8, 4) is 0 Å². The first-order valence-electron chi connectivity index (χ1n) is 8.18. The highest BCUT2D eigenvalue weighted by Crippen LogP contribution is 2.19. The number of hydrogen-bond acceptors (Lipinski definition) is 5. The average molecular weight is 344 g/mol. The summed E-state index contributed by atoms with van der Waals surface area (Å²) in [6.07, 6.45) is -0.490. The van der Waals surface area contributed by atoms with Crippen molar-refractivity contribution >= 4 is 11.9 Å². The first-order valence-corrected chi connectivity index (χ1v) is 8.18. The molecule has 2 rings (SSSR count). The Labute approximate surface area is 147 Å². The van der Waals surface area contributed by atoms with Gasteiger partial charge in [-0.2, -0.15) is 0 Å². The van der Waals surface area contributed by atoms with Crippen molar-refractivity contribution in [2.45, 2.75) is 47.3 Å². The Morgan fingerprint density at radius 3 is 2.40 bits per heavy atom. The zero-order valence-corrected chi connectivity index (χ0v) is 15.3. The molecule has 0 fully saturated rings. The van der Waals surface area contributed by atoms with Crippen molar-refractivity contribution in [2.24, 2.45) is 5.41 Å². The van der Waals surface area contributed by atoms with Crippen molar-refractivity contribution < 1.29 is 18.8 Å². The molecule has 1 aromatic heterocycles. The van der Waals surface area contributed by atoms with E-state index in [1.807, 2.05) is 20.8 Å². The molecule has 0 aliphatic heterocycles. The molecule has 2 aromatic rings. The van der Waals surface area contributed by atoms with Crippen LogP contribution in [0.3, 0.4) is 0 Å². The van der Waals surface area contributed by atoms with Gasteiger partial charge in [0.05, 0.1) is 5.56 Å². The second kappa shape index (κ2) is 7.51. The minimum absolute atomic E-state index is 0.0206. The molecule has 0 aliphatic rings. The summed E-state index contributed by atoms with van der Waals surface area (Å²) in [7, 11) is 0. The van der Waals surface area contributed by atoms with E-state index in [-0.39, 0.29) is 5.91 Å². The molecule has 1 aromatic carbocycles. The number of carbonyl (C=O) groups excluding carboxylic acids is 2. The van der Waals surface area contributed by atoms with Gasteiger partial charge in [0, 0.05) is 18.0 Å². The number of nitrogens with zero attached hydrogens (tertiary/aromatic N) is 1. The SMILES string of the molecule is Cc1cc([C@@H](C)OC(=O)c2ccc(CNC(=O)C(C)(C)C)cc2)no1. The van der Waals surface area contributed by atoms with E-state index in [4.69, 9.17) is 9.26 Å². The third-order valence-electron chi connectivity index (χ3n) is 3.67. The third-order valence-corrected chi connectivity index (χ3v) is 3.67. The number of amides is 1. The van der Waals surface area contributed by atoms with E-state index in [2.05, 4.69) is 10.5 Å². The van der Waals surface area contributed by atoms with E-state index in [1.54, 1.807) is 44.2 Å². The molecule has 6 heteroatoms. The van der Waals surface area contributed by atoms with Crippen LogP contribution in [0.15, 0.2) is 34.9 Å². The third kappa shape index (κ3) is 5.17. The summed E-state index contributed by atoms with van der Waals surface area (Å²) >= 11 is 0. The van der Waals surface area contributed by atoms with E-state index in [0.717, 1.165) is 5.56 Å². The number of esters is 1. The zero-order chi connectivity index (χ0) is 18.6. The summed E-state index contributed by atoms with van der Waals surface area (Å²) in [6.45, 7) is 9.52. The lowest BCUT2D eigenvalue weighted by Crippen LogP contribution is -2.34. The fourth-order valence-electron chi connectivity index (χ4n) is 2.07. The number of aromatic nitrogens is 1. The Morgan fingerprint density at radius 1 is 1.24 bits per heavy atom. The van der Waals surface area contributed by atoms with Crippen LogP contribution in [0.5, 0.6) is 0 Å². The topological polar surface area (TPSA) is 81.4 Å². The van der Waals surface area contributed by atoms with Crippen molar-refractivity contribution in [3.05, 3.63) is 52.9 Å². The summed E-state index contributed by atoms with van der Waals surface area (Å²) < 4.78 is 10.4. The normalized spacial score (nSPS) is 12.5. The minimum Gasteiger partial charge on any atom is -0.452 e. The minimum atomic E-state index is -0.490. The molecule has 1 amide bonds. The molecule has 0 bridgehead atoms. The number of rotatable bonds is 5.